The molecule has 3 rings (SSSR count). The molecule has 0 amide bonds. The van der Waals surface area contributed by atoms with Crippen LogP contribution in [0, 0.1) is 0 Å². The molecular weight excluding hydrogens is 442 g/mol. The lowest BCUT2D eigenvalue weighted by Crippen LogP contribution is -2.16. The summed E-state index contributed by atoms with van der Waals surface area (Å²) in [5, 5.41) is 1.18. The molecule has 0 aliphatic carbocycles. The number of nitrogens with two attached hydrogens (primary N) is 1. The van der Waals surface area contributed by atoms with Gasteiger partial charge in [-0.3, -0.25) is 4.72 Å². The van der Waals surface area contributed by atoms with Gasteiger partial charge in [0.15, 0.2) is 0 Å². The van der Waals surface area contributed by atoms with E-state index in [1.54, 1.807) is 31.3 Å². The molecular formula is C20H24ClN5O2S2. The van der Waals surface area contributed by atoms with Crippen molar-refractivity contribution < 1.29 is 8.42 Å². The highest BCUT2D eigenvalue weighted by atomic mass is 35.5. The minimum Gasteiger partial charge on any atom is -0.368 e. The van der Waals surface area contributed by atoms with E-state index in [1.165, 1.54) is 11.3 Å². The molecule has 7 nitrogen and oxygen atoms in total. The third kappa shape index (κ3) is 4.91. The molecule has 0 bridgehead atoms. The van der Waals surface area contributed by atoms with Crippen molar-refractivity contribution in [3.8, 4) is 21.8 Å². The summed E-state index contributed by atoms with van der Waals surface area (Å²) in [5.74, 6) is 0.181. The van der Waals surface area contributed by atoms with Crippen LogP contribution >= 0.6 is 22.9 Å². The second-order valence-corrected chi connectivity index (χ2v) is 11.1. The van der Waals surface area contributed by atoms with Gasteiger partial charge in [-0.25, -0.2) is 23.4 Å². The highest BCUT2D eigenvalue weighted by Gasteiger charge is 2.25. The maximum atomic E-state index is 12.2. The van der Waals surface area contributed by atoms with Crippen LogP contribution < -0.4 is 10.5 Å². The lowest BCUT2D eigenvalue weighted by Gasteiger charge is -2.14. The fraction of sp³-hybridized carbons (Fsp3) is 0.350. The summed E-state index contributed by atoms with van der Waals surface area (Å²) in [6.07, 6.45) is 2.10. The van der Waals surface area contributed by atoms with Gasteiger partial charge in [0, 0.05) is 17.2 Å². The zero-order valence-corrected chi connectivity index (χ0v) is 19.6. The van der Waals surface area contributed by atoms with Crippen molar-refractivity contribution in [1.82, 2.24) is 15.0 Å². The second-order valence-electron chi connectivity index (χ2n) is 7.83. The summed E-state index contributed by atoms with van der Waals surface area (Å²) in [5.41, 5.74) is 7.80. The van der Waals surface area contributed by atoms with Crippen molar-refractivity contribution in [2.24, 2.45) is 0 Å². The van der Waals surface area contributed by atoms with Crippen molar-refractivity contribution in [1.29, 1.82) is 0 Å². The highest BCUT2D eigenvalue weighted by Crippen LogP contribution is 2.43. The Labute approximate surface area is 185 Å². The Kier molecular flexibility index (Phi) is 6.35. The Balaban J connectivity index is 2.18. The first-order chi connectivity index (χ1) is 14.0. The maximum Gasteiger partial charge on any atom is 0.232 e. The van der Waals surface area contributed by atoms with Crippen LogP contribution in [-0.2, 0) is 15.4 Å². The molecule has 0 unspecified atom stereocenters. The first-order valence-corrected chi connectivity index (χ1v) is 12.3. The number of thiazole rings is 1. The Morgan fingerprint density at radius 3 is 2.57 bits per heavy atom. The summed E-state index contributed by atoms with van der Waals surface area (Å²) in [6, 6.07) is 6.97. The zero-order chi connectivity index (χ0) is 22.1. The van der Waals surface area contributed by atoms with E-state index in [2.05, 4.69) is 35.5 Å². The largest absolute Gasteiger partial charge is 0.368 e. The molecule has 30 heavy (non-hydrogen) atoms. The van der Waals surface area contributed by atoms with E-state index in [0.717, 1.165) is 9.88 Å². The number of sulfonamides is 1. The third-order valence-electron chi connectivity index (χ3n) is 4.17. The molecule has 0 spiro atoms. The summed E-state index contributed by atoms with van der Waals surface area (Å²) in [6.45, 7) is 8.03. The fourth-order valence-corrected chi connectivity index (χ4v) is 5.35. The molecule has 0 fully saturated rings. The van der Waals surface area contributed by atoms with Crippen molar-refractivity contribution in [3.63, 3.8) is 0 Å². The van der Waals surface area contributed by atoms with Crippen LogP contribution in [0.1, 0.15) is 39.1 Å². The Morgan fingerprint density at radius 1 is 1.20 bits per heavy atom. The predicted octanol–water partition coefficient (Wildman–Crippen LogP) is 4.95. The number of rotatable bonds is 6. The minimum absolute atomic E-state index is 0.0178. The molecule has 3 aromatic rings. The SMILES string of the molecule is CCCS(=O)(=O)Nc1cccc(-c2nc(C(C)(C)C)sc2-c2ccnc(N)n2)c1Cl. The molecule has 1 aromatic carbocycles. The monoisotopic (exact) mass is 465 g/mol. The van der Waals surface area contributed by atoms with Crippen molar-refractivity contribution >= 4 is 44.6 Å². The molecule has 0 aliphatic heterocycles. The summed E-state index contributed by atoms with van der Waals surface area (Å²) in [4.78, 5) is 13.9. The zero-order valence-electron chi connectivity index (χ0n) is 17.2. The summed E-state index contributed by atoms with van der Waals surface area (Å²) < 4.78 is 27.1. The van der Waals surface area contributed by atoms with E-state index in [4.69, 9.17) is 22.3 Å². The van der Waals surface area contributed by atoms with Gasteiger partial charge in [0.2, 0.25) is 16.0 Å². The molecule has 3 N–H and O–H groups in total. The van der Waals surface area contributed by atoms with Gasteiger partial charge in [0.25, 0.3) is 0 Å². The first kappa shape index (κ1) is 22.5. The molecule has 0 radical (unpaired) electrons. The predicted molar refractivity (Wildman–Crippen MR) is 124 cm³/mol. The normalized spacial score (nSPS) is 12.2. The van der Waals surface area contributed by atoms with Gasteiger partial charge < -0.3 is 5.73 Å². The number of aromatic nitrogens is 3. The fourth-order valence-electron chi connectivity index (χ4n) is 2.78. The van der Waals surface area contributed by atoms with Gasteiger partial charge >= 0.3 is 0 Å². The molecule has 160 valence electrons. The smallest absolute Gasteiger partial charge is 0.232 e. The number of halogens is 1. The maximum absolute atomic E-state index is 12.2. The lowest BCUT2D eigenvalue weighted by molar-refractivity contribution is 0.586. The summed E-state index contributed by atoms with van der Waals surface area (Å²) in [7, 11) is -3.48. The standard InChI is InChI=1S/C20H24ClN5O2S2/c1-5-11-30(27,28)26-13-8-6-7-12(15(13)21)16-17(14-9-10-23-19(22)24-14)29-18(25-16)20(2,3)4/h6-10,26H,5,11H2,1-4H3,(H2,22,23,24). The van der Waals surface area contributed by atoms with Gasteiger partial charge in [-0.15, -0.1) is 11.3 Å². The van der Waals surface area contributed by atoms with Crippen LogP contribution in [0.3, 0.4) is 0 Å². The average molecular weight is 466 g/mol. The van der Waals surface area contributed by atoms with Gasteiger partial charge in [-0.2, -0.15) is 0 Å². The van der Waals surface area contributed by atoms with E-state index in [0.29, 0.717) is 29.1 Å². The van der Waals surface area contributed by atoms with Crippen LogP contribution in [0.2, 0.25) is 5.02 Å². The van der Waals surface area contributed by atoms with Gasteiger partial charge in [0.05, 0.1) is 37.7 Å². The number of nitrogens with zero attached hydrogens (tertiary/aromatic N) is 3. The molecule has 2 heterocycles. The molecule has 0 saturated heterocycles. The van der Waals surface area contributed by atoms with E-state index in [1.807, 2.05) is 6.07 Å². The van der Waals surface area contributed by atoms with Gasteiger partial charge in [-0.05, 0) is 18.6 Å². The number of anilines is 2. The molecule has 0 atom stereocenters. The van der Waals surface area contributed by atoms with Gasteiger partial charge in [0.1, 0.15) is 0 Å². The topological polar surface area (TPSA) is 111 Å². The van der Waals surface area contributed by atoms with Crippen LogP contribution in [0.4, 0.5) is 11.6 Å². The summed E-state index contributed by atoms with van der Waals surface area (Å²) >= 11 is 8.15. The second kappa shape index (κ2) is 8.49. The van der Waals surface area contributed by atoms with Crippen LogP contribution in [0.5, 0.6) is 0 Å². The quantitative estimate of drug-likeness (QED) is 0.532. The Morgan fingerprint density at radius 2 is 1.93 bits per heavy atom. The average Bonchev–Trinajstić information content (AvgIpc) is 3.09. The van der Waals surface area contributed by atoms with Crippen LogP contribution in [0.15, 0.2) is 30.5 Å². The minimum atomic E-state index is -3.48. The Bertz CT molecular complexity index is 1170. The van der Waals surface area contributed by atoms with E-state index < -0.39 is 10.0 Å². The molecule has 0 saturated carbocycles. The van der Waals surface area contributed by atoms with E-state index in [9.17, 15) is 8.42 Å². The molecule has 0 aliphatic rings. The van der Waals surface area contributed by atoms with E-state index >= 15 is 0 Å². The number of nitrogens with one attached hydrogen (secondary N) is 1. The van der Waals surface area contributed by atoms with Gasteiger partial charge in [-0.1, -0.05) is 51.4 Å². The van der Waals surface area contributed by atoms with Crippen molar-refractivity contribution in [2.45, 2.75) is 39.5 Å². The number of benzene rings is 1. The van der Waals surface area contributed by atoms with Crippen molar-refractivity contribution in [3.05, 3.63) is 40.5 Å². The highest BCUT2D eigenvalue weighted by molar-refractivity contribution is 7.92. The van der Waals surface area contributed by atoms with Crippen molar-refractivity contribution in [2.75, 3.05) is 16.2 Å². The lowest BCUT2D eigenvalue weighted by atomic mass is 9.98. The number of hydrogen-bond donors (Lipinski definition) is 2. The number of nitrogen functional groups attached to an aromatic ring is 1. The van der Waals surface area contributed by atoms with Crippen LogP contribution in [-0.4, -0.2) is 29.1 Å². The van der Waals surface area contributed by atoms with E-state index in [-0.39, 0.29) is 22.1 Å². The first-order valence-electron chi connectivity index (χ1n) is 9.41. The number of hydrogen-bond acceptors (Lipinski definition) is 7. The van der Waals surface area contributed by atoms with Crippen LogP contribution in [0.25, 0.3) is 21.8 Å². The molecule has 2 aromatic heterocycles. The Hall–Kier alpha value is -2.23. The molecule has 10 heteroatoms. The third-order valence-corrected chi connectivity index (χ3v) is 7.56.